The van der Waals surface area contributed by atoms with Crippen LogP contribution in [0.15, 0.2) is 71.1 Å². The highest BCUT2D eigenvalue weighted by molar-refractivity contribution is 6.01. The molecule has 2 aromatic heterocycles. The SMILES string of the molecule is COc1ccc(-n2c(O)c(C=Nn3cnnc3)c3ccccc3c2=O)cc1. The van der Waals surface area contributed by atoms with Gasteiger partial charge < -0.3 is 9.84 Å². The zero-order valence-corrected chi connectivity index (χ0v) is 14.4. The molecule has 4 aromatic rings. The monoisotopic (exact) mass is 361 g/mol. The van der Waals surface area contributed by atoms with Gasteiger partial charge in [-0.1, -0.05) is 18.2 Å². The van der Waals surface area contributed by atoms with Crippen LogP contribution in [-0.2, 0) is 0 Å². The highest BCUT2D eigenvalue weighted by Gasteiger charge is 2.16. The van der Waals surface area contributed by atoms with E-state index >= 15 is 0 Å². The number of pyridine rings is 1. The summed E-state index contributed by atoms with van der Waals surface area (Å²) < 4.78 is 7.80. The molecule has 0 aliphatic rings. The first-order chi connectivity index (χ1) is 13.2. The number of nitrogens with zero attached hydrogens (tertiary/aromatic N) is 5. The molecule has 2 aromatic carbocycles. The van der Waals surface area contributed by atoms with Gasteiger partial charge in [0.1, 0.15) is 18.4 Å². The largest absolute Gasteiger partial charge is 0.497 e. The minimum Gasteiger partial charge on any atom is -0.497 e. The van der Waals surface area contributed by atoms with Gasteiger partial charge in [0.15, 0.2) is 0 Å². The standard InChI is InChI=1S/C19H15N5O3/c1-27-14-8-6-13(7-9-14)24-18(25)16-5-3-2-4-15(16)17(19(24)26)10-22-23-11-20-21-12-23/h2-12,26H,1H3. The molecule has 8 heteroatoms. The lowest BCUT2D eigenvalue weighted by Crippen LogP contribution is -2.20. The summed E-state index contributed by atoms with van der Waals surface area (Å²) in [5, 5.41) is 23.5. The van der Waals surface area contributed by atoms with Crippen molar-refractivity contribution in [2.75, 3.05) is 7.11 Å². The summed E-state index contributed by atoms with van der Waals surface area (Å²) in [5.74, 6) is 0.446. The van der Waals surface area contributed by atoms with Gasteiger partial charge in [-0.15, -0.1) is 10.2 Å². The van der Waals surface area contributed by atoms with Crippen molar-refractivity contribution in [3.05, 3.63) is 77.1 Å². The summed E-state index contributed by atoms with van der Waals surface area (Å²) >= 11 is 0. The summed E-state index contributed by atoms with van der Waals surface area (Å²) in [6, 6.07) is 13.9. The molecule has 4 rings (SSSR count). The third-order valence-corrected chi connectivity index (χ3v) is 4.16. The van der Waals surface area contributed by atoms with Gasteiger partial charge in [-0.05, 0) is 30.3 Å². The Morgan fingerprint density at radius 3 is 2.37 bits per heavy atom. The topological polar surface area (TPSA) is 94.5 Å². The molecule has 0 aliphatic heterocycles. The fourth-order valence-corrected chi connectivity index (χ4v) is 2.84. The Labute approximate surface area is 153 Å². The van der Waals surface area contributed by atoms with Gasteiger partial charge in [-0.2, -0.15) is 5.10 Å². The zero-order chi connectivity index (χ0) is 18.8. The molecule has 0 bridgehead atoms. The Kier molecular flexibility index (Phi) is 4.13. The highest BCUT2D eigenvalue weighted by atomic mass is 16.5. The van der Waals surface area contributed by atoms with E-state index in [0.29, 0.717) is 27.8 Å². The molecule has 0 saturated heterocycles. The summed E-state index contributed by atoms with van der Waals surface area (Å²) in [4.78, 5) is 13.0. The smallest absolute Gasteiger partial charge is 0.265 e. The molecule has 2 heterocycles. The molecule has 0 amide bonds. The van der Waals surface area contributed by atoms with E-state index in [1.165, 1.54) is 28.1 Å². The van der Waals surface area contributed by atoms with Crippen LogP contribution in [0.1, 0.15) is 5.56 Å². The molecule has 0 radical (unpaired) electrons. The zero-order valence-electron chi connectivity index (χ0n) is 14.4. The second kappa shape index (κ2) is 6.75. The molecule has 1 N–H and O–H groups in total. The number of rotatable bonds is 4. The predicted molar refractivity (Wildman–Crippen MR) is 101 cm³/mol. The van der Waals surface area contributed by atoms with Crippen LogP contribution in [0.5, 0.6) is 11.6 Å². The first kappa shape index (κ1) is 16.5. The van der Waals surface area contributed by atoms with E-state index in [4.69, 9.17) is 4.74 Å². The summed E-state index contributed by atoms with van der Waals surface area (Å²) in [5.41, 5.74) is 0.604. The van der Waals surface area contributed by atoms with E-state index in [1.807, 2.05) is 0 Å². The lowest BCUT2D eigenvalue weighted by molar-refractivity contribution is 0.414. The van der Waals surface area contributed by atoms with Crippen LogP contribution in [0.2, 0.25) is 0 Å². The molecule has 0 unspecified atom stereocenters. The van der Waals surface area contributed by atoms with Gasteiger partial charge in [-0.25, -0.2) is 9.24 Å². The van der Waals surface area contributed by atoms with Crippen LogP contribution >= 0.6 is 0 Å². The van der Waals surface area contributed by atoms with Crippen LogP contribution in [0.3, 0.4) is 0 Å². The van der Waals surface area contributed by atoms with E-state index in [2.05, 4.69) is 15.3 Å². The van der Waals surface area contributed by atoms with Crippen LogP contribution in [0, 0.1) is 0 Å². The maximum Gasteiger partial charge on any atom is 0.265 e. The number of aromatic hydroxyl groups is 1. The number of methoxy groups -OCH3 is 1. The van der Waals surface area contributed by atoms with Gasteiger partial charge in [0.2, 0.25) is 5.88 Å². The van der Waals surface area contributed by atoms with Gasteiger partial charge in [0, 0.05) is 10.8 Å². The van der Waals surface area contributed by atoms with Crippen molar-refractivity contribution in [3.8, 4) is 17.3 Å². The normalized spacial score (nSPS) is 11.3. The quantitative estimate of drug-likeness (QED) is 0.562. The van der Waals surface area contributed by atoms with Gasteiger partial charge >= 0.3 is 0 Å². The van der Waals surface area contributed by atoms with Crippen molar-refractivity contribution < 1.29 is 9.84 Å². The van der Waals surface area contributed by atoms with Crippen LogP contribution in [0.25, 0.3) is 16.5 Å². The average molecular weight is 361 g/mol. The molecule has 134 valence electrons. The molecule has 0 fully saturated rings. The number of aromatic nitrogens is 4. The Balaban J connectivity index is 1.97. The van der Waals surface area contributed by atoms with Crippen molar-refractivity contribution >= 4 is 17.0 Å². The van der Waals surface area contributed by atoms with E-state index in [-0.39, 0.29) is 11.4 Å². The van der Waals surface area contributed by atoms with Crippen LogP contribution < -0.4 is 10.3 Å². The fourth-order valence-electron chi connectivity index (χ4n) is 2.84. The number of hydrogen-bond acceptors (Lipinski definition) is 6. The first-order valence-electron chi connectivity index (χ1n) is 8.09. The molecule has 0 saturated carbocycles. The molecule has 0 aliphatic carbocycles. The van der Waals surface area contributed by atoms with Crippen LogP contribution in [-0.4, -0.2) is 37.9 Å². The summed E-state index contributed by atoms with van der Waals surface area (Å²) in [6.07, 6.45) is 4.32. The first-order valence-corrected chi connectivity index (χ1v) is 8.09. The van der Waals surface area contributed by atoms with E-state index in [1.54, 1.807) is 55.6 Å². The minimum atomic E-state index is -0.324. The number of hydrogen-bond donors (Lipinski definition) is 1. The van der Waals surface area contributed by atoms with Crippen molar-refractivity contribution in [2.24, 2.45) is 5.10 Å². The third-order valence-electron chi connectivity index (χ3n) is 4.16. The fraction of sp³-hybridized carbons (Fsp3) is 0.0526. The molecule has 27 heavy (non-hydrogen) atoms. The Bertz CT molecular complexity index is 1180. The van der Waals surface area contributed by atoms with Crippen LogP contribution in [0.4, 0.5) is 0 Å². The molecular formula is C19H15N5O3. The minimum absolute atomic E-state index is 0.208. The molecule has 0 spiro atoms. The van der Waals surface area contributed by atoms with E-state index in [9.17, 15) is 9.90 Å². The lowest BCUT2D eigenvalue weighted by atomic mass is 10.1. The van der Waals surface area contributed by atoms with Gasteiger partial charge in [0.05, 0.1) is 24.6 Å². The predicted octanol–water partition coefficient (Wildman–Crippen LogP) is 2.18. The molecular weight excluding hydrogens is 346 g/mol. The third kappa shape index (κ3) is 2.93. The van der Waals surface area contributed by atoms with Crippen molar-refractivity contribution in [1.29, 1.82) is 0 Å². The highest BCUT2D eigenvalue weighted by Crippen LogP contribution is 2.26. The Morgan fingerprint density at radius 2 is 1.70 bits per heavy atom. The summed E-state index contributed by atoms with van der Waals surface area (Å²) in [6.45, 7) is 0. The van der Waals surface area contributed by atoms with Gasteiger partial charge in [0.25, 0.3) is 5.56 Å². The average Bonchev–Trinajstić information content (AvgIpc) is 3.22. The second-order valence-corrected chi connectivity index (χ2v) is 5.71. The van der Waals surface area contributed by atoms with Crippen molar-refractivity contribution in [1.82, 2.24) is 19.4 Å². The second-order valence-electron chi connectivity index (χ2n) is 5.71. The maximum atomic E-state index is 13.0. The molecule has 0 atom stereocenters. The van der Waals surface area contributed by atoms with E-state index < -0.39 is 0 Å². The number of ether oxygens (including phenoxy) is 1. The number of benzene rings is 2. The molecule has 8 nitrogen and oxygen atoms in total. The number of fused-ring (bicyclic) bond motifs is 1. The van der Waals surface area contributed by atoms with Gasteiger partial charge in [-0.3, -0.25) is 4.79 Å². The maximum absolute atomic E-state index is 13.0. The Morgan fingerprint density at radius 1 is 1.04 bits per heavy atom. The van der Waals surface area contributed by atoms with E-state index in [0.717, 1.165) is 0 Å². The summed E-state index contributed by atoms with van der Waals surface area (Å²) in [7, 11) is 1.56. The van der Waals surface area contributed by atoms with Crippen molar-refractivity contribution in [3.63, 3.8) is 0 Å². The Hall–Kier alpha value is -3.94. The van der Waals surface area contributed by atoms with Crippen molar-refractivity contribution in [2.45, 2.75) is 0 Å². The lowest BCUT2D eigenvalue weighted by Gasteiger charge is -2.14.